The van der Waals surface area contributed by atoms with Crippen molar-refractivity contribution in [2.75, 3.05) is 0 Å². The van der Waals surface area contributed by atoms with Gasteiger partial charge < -0.3 is 18.3 Å². The quantitative estimate of drug-likeness (QED) is 0.160. The molecule has 0 saturated heterocycles. The highest BCUT2D eigenvalue weighted by Gasteiger charge is 2.22. The van der Waals surface area contributed by atoms with Gasteiger partial charge in [0, 0.05) is 107 Å². The number of benzene rings is 9. The van der Waals surface area contributed by atoms with Crippen molar-refractivity contribution in [2.45, 2.75) is 0 Å². The third kappa shape index (κ3) is 6.37. The van der Waals surface area contributed by atoms with Gasteiger partial charge in [0.1, 0.15) is 0 Å². The minimum Gasteiger partial charge on any atom is -0.309 e. The lowest BCUT2D eigenvalue weighted by atomic mass is 10.1. The Hall–Kier alpha value is -10.4. The monoisotopic (exact) mass is 970 g/mol. The lowest BCUT2D eigenvalue weighted by Gasteiger charge is -2.16. The average Bonchev–Trinajstić information content (AvgIpc) is 4.36. The van der Waals surface area contributed by atoms with E-state index in [9.17, 15) is 0 Å². The maximum Gasteiger partial charge on any atom is 0.160 e. The number of nitrogens with zero attached hydrogens (tertiary/aromatic N) is 8. The van der Waals surface area contributed by atoms with Crippen LogP contribution in [0.2, 0.25) is 0 Å². The van der Waals surface area contributed by atoms with Crippen LogP contribution < -0.4 is 0 Å². The molecule has 16 aromatic rings. The van der Waals surface area contributed by atoms with E-state index in [1.807, 2.05) is 36.9 Å². The van der Waals surface area contributed by atoms with Gasteiger partial charge >= 0.3 is 0 Å². The van der Waals surface area contributed by atoms with Crippen molar-refractivity contribution in [3.05, 3.63) is 255 Å². The molecule has 0 radical (unpaired) electrons. The highest BCUT2D eigenvalue weighted by molar-refractivity contribution is 6.14. The number of fused-ring (bicyclic) bond motifs is 12. The number of hydrogen-bond donors (Lipinski definition) is 0. The summed E-state index contributed by atoms with van der Waals surface area (Å²) in [7, 11) is 0. The van der Waals surface area contributed by atoms with Crippen LogP contribution in [0.25, 0.3) is 144 Å². The summed E-state index contributed by atoms with van der Waals surface area (Å²) >= 11 is 0. The maximum atomic E-state index is 5.43. The summed E-state index contributed by atoms with van der Waals surface area (Å²) in [5.41, 5.74) is 17.7. The smallest absolute Gasteiger partial charge is 0.160 e. The van der Waals surface area contributed by atoms with Gasteiger partial charge in [-0.3, -0.25) is 9.97 Å². The van der Waals surface area contributed by atoms with Crippen LogP contribution in [0.15, 0.2) is 255 Å². The van der Waals surface area contributed by atoms with Crippen LogP contribution in [-0.4, -0.2) is 38.2 Å². The Labute approximate surface area is 435 Å². The number of aromatic nitrogens is 8. The van der Waals surface area contributed by atoms with E-state index in [1.54, 1.807) is 0 Å². The van der Waals surface area contributed by atoms with E-state index in [0.29, 0.717) is 5.82 Å². The van der Waals surface area contributed by atoms with Gasteiger partial charge in [-0.2, -0.15) is 0 Å². The van der Waals surface area contributed by atoms with Gasteiger partial charge in [-0.15, -0.1) is 0 Å². The highest BCUT2D eigenvalue weighted by Crippen LogP contribution is 2.41. The minimum atomic E-state index is 0.635. The molecule has 0 aliphatic heterocycles. The third-order valence-electron chi connectivity index (χ3n) is 15.3. The first-order valence-electron chi connectivity index (χ1n) is 25.6. The van der Waals surface area contributed by atoms with Crippen molar-refractivity contribution in [1.29, 1.82) is 0 Å². The summed E-state index contributed by atoms with van der Waals surface area (Å²) in [5, 5.41) is 9.24. The molecular weight excluding hydrogens is 929 g/mol. The Morgan fingerprint density at radius 1 is 0.237 bits per heavy atom. The van der Waals surface area contributed by atoms with Crippen molar-refractivity contribution in [1.82, 2.24) is 38.2 Å². The van der Waals surface area contributed by atoms with Crippen LogP contribution in [0.4, 0.5) is 0 Å². The second-order valence-electron chi connectivity index (χ2n) is 19.5. The lowest BCUT2D eigenvalue weighted by Crippen LogP contribution is -2.02. The van der Waals surface area contributed by atoms with Gasteiger partial charge in [0.15, 0.2) is 5.82 Å². The number of hydrogen-bond acceptors (Lipinski definition) is 4. The largest absolute Gasteiger partial charge is 0.309 e. The van der Waals surface area contributed by atoms with Crippen molar-refractivity contribution < 1.29 is 0 Å². The predicted molar refractivity (Wildman–Crippen MR) is 311 cm³/mol. The summed E-state index contributed by atoms with van der Waals surface area (Å²) in [6.07, 6.45) is 7.72. The van der Waals surface area contributed by atoms with Crippen molar-refractivity contribution >= 4 is 87.2 Å². The lowest BCUT2D eigenvalue weighted by molar-refractivity contribution is 1.12. The average molecular weight is 971 g/mol. The van der Waals surface area contributed by atoms with Crippen molar-refractivity contribution in [3.63, 3.8) is 0 Å². The first-order valence-corrected chi connectivity index (χ1v) is 25.6. The molecule has 0 fully saturated rings. The van der Waals surface area contributed by atoms with Crippen molar-refractivity contribution in [2.24, 2.45) is 0 Å². The van der Waals surface area contributed by atoms with Gasteiger partial charge in [-0.25, -0.2) is 9.97 Å². The zero-order valence-corrected chi connectivity index (χ0v) is 40.8. The Morgan fingerprint density at radius 3 is 1.03 bits per heavy atom. The molecule has 0 aliphatic rings. The molecule has 7 heterocycles. The Kier molecular flexibility index (Phi) is 9.17. The molecule has 8 nitrogen and oxygen atoms in total. The fourth-order valence-electron chi connectivity index (χ4n) is 12.0. The summed E-state index contributed by atoms with van der Waals surface area (Å²) in [4.78, 5) is 19.9. The van der Waals surface area contributed by atoms with E-state index in [2.05, 4.69) is 247 Å². The zero-order valence-electron chi connectivity index (χ0n) is 40.8. The molecule has 7 aromatic heterocycles. The van der Waals surface area contributed by atoms with E-state index in [0.717, 1.165) is 127 Å². The molecule has 9 aromatic carbocycles. The maximum absolute atomic E-state index is 5.43. The summed E-state index contributed by atoms with van der Waals surface area (Å²) in [6.45, 7) is 0. The molecule has 0 aliphatic carbocycles. The first-order chi connectivity index (χ1) is 37.7. The second kappa shape index (κ2) is 16.5. The first kappa shape index (κ1) is 42.1. The molecule has 0 bridgehead atoms. The molecule has 8 heteroatoms. The van der Waals surface area contributed by atoms with Crippen LogP contribution in [0, 0.1) is 0 Å². The number of rotatable bonds is 7. The van der Waals surface area contributed by atoms with E-state index in [4.69, 9.17) is 9.97 Å². The van der Waals surface area contributed by atoms with E-state index in [1.165, 1.54) is 10.8 Å². The molecular formula is C68H42N8. The summed E-state index contributed by atoms with van der Waals surface area (Å²) < 4.78 is 9.56. The van der Waals surface area contributed by atoms with Crippen LogP contribution >= 0.6 is 0 Å². The van der Waals surface area contributed by atoms with Crippen LogP contribution in [0.1, 0.15) is 0 Å². The van der Waals surface area contributed by atoms with Gasteiger partial charge in [-0.05, 0) is 97.1 Å². The van der Waals surface area contributed by atoms with E-state index in [-0.39, 0.29) is 0 Å². The van der Waals surface area contributed by atoms with E-state index >= 15 is 0 Å². The van der Waals surface area contributed by atoms with Gasteiger partial charge in [-0.1, -0.05) is 133 Å². The fourth-order valence-corrected chi connectivity index (χ4v) is 12.0. The molecule has 0 saturated carbocycles. The molecule has 0 amide bonds. The van der Waals surface area contributed by atoms with Crippen molar-refractivity contribution in [3.8, 4) is 56.7 Å². The van der Waals surface area contributed by atoms with Crippen LogP contribution in [0.3, 0.4) is 0 Å². The number of para-hydroxylation sites is 4. The molecule has 76 heavy (non-hydrogen) atoms. The molecule has 0 spiro atoms. The van der Waals surface area contributed by atoms with Gasteiger partial charge in [0.2, 0.25) is 0 Å². The second-order valence-corrected chi connectivity index (χ2v) is 19.5. The third-order valence-corrected chi connectivity index (χ3v) is 15.3. The Balaban J connectivity index is 0.967. The number of pyridine rings is 2. The molecule has 16 rings (SSSR count). The van der Waals surface area contributed by atoms with E-state index < -0.39 is 0 Å². The Bertz CT molecular complexity index is 4590. The Morgan fingerprint density at radius 2 is 0.592 bits per heavy atom. The summed E-state index contributed by atoms with van der Waals surface area (Å²) in [6, 6.07) is 82.6. The van der Waals surface area contributed by atoms with Gasteiger partial charge in [0.25, 0.3) is 0 Å². The molecule has 0 unspecified atom stereocenters. The topological polar surface area (TPSA) is 71.3 Å². The molecule has 0 atom stereocenters. The normalized spacial score (nSPS) is 11.9. The minimum absolute atomic E-state index is 0.635. The highest BCUT2D eigenvalue weighted by atomic mass is 15.0. The van der Waals surface area contributed by atoms with Crippen LogP contribution in [0.5, 0.6) is 0 Å². The SMILES string of the molecule is c1ccc(-c2cc(-c3ccccc3)nc(-c3cc(-n4c5ccccc5c5cc(-n6c7ccccc7c7cnccc76)ccc54)cc(-n4c5ccccc5c5cc(-n6c7ccccc7c7cnccc76)ccc54)c3)n2)cc1. The summed E-state index contributed by atoms with van der Waals surface area (Å²) in [5.74, 6) is 0.635. The standard InChI is InChI=1S/C68H42N8/c1-3-15-43(16-4-1)58-40-59(44-17-5-2-6-18-44)72-68(71-58)45-35-48(75-60-23-11-7-19-50(60)54-38-46(27-29-64(54)75)73-62-25-13-9-21-52(62)56-41-69-33-31-66(56)73)37-49(36-45)76-61-24-12-8-20-51(61)55-39-47(28-30-65(55)76)74-63-26-14-10-22-53(63)57-42-70-34-32-67(57)74/h1-42H. The van der Waals surface area contributed by atoms with Gasteiger partial charge in [0.05, 0.1) is 55.5 Å². The van der Waals surface area contributed by atoms with Crippen LogP contribution in [-0.2, 0) is 0 Å². The molecule has 0 N–H and O–H groups in total. The molecule has 354 valence electrons. The zero-order chi connectivity index (χ0) is 49.8. The predicted octanol–water partition coefficient (Wildman–Crippen LogP) is 16.7. The fraction of sp³-hybridized carbons (Fsp3) is 0.